The summed E-state index contributed by atoms with van der Waals surface area (Å²) in [6.07, 6.45) is 7.22. The Morgan fingerprint density at radius 3 is 1.85 bits per heavy atom. The lowest BCUT2D eigenvalue weighted by Crippen LogP contribution is -2.43. The zero-order valence-electron chi connectivity index (χ0n) is 34.4. The summed E-state index contributed by atoms with van der Waals surface area (Å²) in [6.45, 7) is 29.4. The van der Waals surface area contributed by atoms with E-state index in [1.54, 1.807) is 5.56 Å². The van der Waals surface area contributed by atoms with E-state index < -0.39 is 0 Å². The van der Waals surface area contributed by atoms with Gasteiger partial charge in [-0.2, -0.15) is 0 Å². The largest absolute Gasteiger partial charge is 0.354 e. The molecule has 0 amide bonds. The molecule has 0 saturated heterocycles. The second-order valence-electron chi connectivity index (χ2n) is 20.9. The van der Waals surface area contributed by atoms with Gasteiger partial charge in [-0.3, -0.25) is 0 Å². The van der Waals surface area contributed by atoms with Crippen LogP contribution in [0.3, 0.4) is 0 Å². The van der Waals surface area contributed by atoms with Crippen molar-refractivity contribution in [2.75, 3.05) is 10.2 Å². The van der Waals surface area contributed by atoms with Crippen LogP contribution in [0.15, 0.2) is 66.0 Å². The second-order valence-corrected chi connectivity index (χ2v) is 21.8. The Hall–Kier alpha value is -3.56. The van der Waals surface area contributed by atoms with Gasteiger partial charge in [0.05, 0.1) is 17.1 Å². The molecule has 1 unspecified atom stereocenters. The van der Waals surface area contributed by atoms with Crippen LogP contribution in [0.1, 0.15) is 159 Å². The van der Waals surface area contributed by atoms with Crippen LogP contribution in [0.2, 0.25) is 0 Å². The molecule has 9 rings (SSSR count). The topological polar surface area (TPSA) is 15.3 Å². The van der Waals surface area contributed by atoms with E-state index in [4.69, 9.17) is 0 Å². The van der Waals surface area contributed by atoms with Gasteiger partial charge in [-0.1, -0.05) is 100 Å². The lowest BCUT2D eigenvalue weighted by atomic mass is 9.55. The molecule has 4 aliphatic rings. The van der Waals surface area contributed by atoms with E-state index in [0.717, 1.165) is 12.1 Å². The average Bonchev–Trinajstić information content (AvgIpc) is 3.48. The lowest BCUT2D eigenvalue weighted by molar-refractivity contribution is 0.327. The molecule has 0 radical (unpaired) electrons. The highest BCUT2D eigenvalue weighted by Crippen LogP contribution is 2.63. The standard InChI is InChI=1S/C50H60N2S/c1-30-24-31(51-39-29-53-41-28-38-37(27-33(39)41)47(6,7)18-19-48(38,8)9)26-32(25-30)52-40-15-13-14-34-42(40)50(12,23-22-46(34,4)5)36-17-16-35-43(44(36)52)49(10,11)21-20-45(35,2)3/h13-17,24-29,51H,18-23H2,1-12H3. The highest BCUT2D eigenvalue weighted by Gasteiger charge is 2.51. The monoisotopic (exact) mass is 720 g/mol. The van der Waals surface area contributed by atoms with E-state index in [-0.39, 0.29) is 32.5 Å². The van der Waals surface area contributed by atoms with Crippen molar-refractivity contribution in [3.63, 3.8) is 0 Å². The molecule has 1 aliphatic heterocycles. The fourth-order valence-corrected chi connectivity index (χ4v) is 12.0. The minimum Gasteiger partial charge on any atom is -0.354 e. The highest BCUT2D eigenvalue weighted by molar-refractivity contribution is 7.17. The van der Waals surface area contributed by atoms with Gasteiger partial charge in [0.1, 0.15) is 0 Å². The molecule has 4 aromatic carbocycles. The molecular formula is C50H60N2S. The van der Waals surface area contributed by atoms with Gasteiger partial charge in [-0.25, -0.2) is 0 Å². The van der Waals surface area contributed by atoms with Gasteiger partial charge in [0.15, 0.2) is 0 Å². The normalized spacial score (nSPS) is 23.8. The molecule has 1 atom stereocenters. The smallest absolute Gasteiger partial charge is 0.0573 e. The maximum absolute atomic E-state index is 3.99. The van der Waals surface area contributed by atoms with Crippen molar-refractivity contribution in [2.24, 2.45) is 0 Å². The van der Waals surface area contributed by atoms with Gasteiger partial charge >= 0.3 is 0 Å². The fraction of sp³-hybridized carbons (Fsp3) is 0.480. The first kappa shape index (κ1) is 35.2. The second kappa shape index (κ2) is 11.0. The van der Waals surface area contributed by atoms with E-state index in [2.05, 4.69) is 159 Å². The maximum atomic E-state index is 3.99. The summed E-state index contributed by atoms with van der Waals surface area (Å²) in [7, 11) is 0. The van der Waals surface area contributed by atoms with Crippen molar-refractivity contribution in [1.29, 1.82) is 0 Å². The number of benzene rings is 4. The number of nitrogens with zero attached hydrogens (tertiary/aromatic N) is 1. The summed E-state index contributed by atoms with van der Waals surface area (Å²) in [4.78, 5) is 2.70. The Labute approximate surface area is 323 Å². The number of hydrogen-bond acceptors (Lipinski definition) is 3. The molecule has 2 heterocycles. The van der Waals surface area contributed by atoms with Gasteiger partial charge in [0.25, 0.3) is 0 Å². The van der Waals surface area contributed by atoms with E-state index in [1.807, 2.05) is 11.3 Å². The number of thiophene rings is 1. The van der Waals surface area contributed by atoms with Crippen LogP contribution in [0.25, 0.3) is 10.1 Å². The average molecular weight is 721 g/mol. The molecule has 3 heteroatoms. The molecule has 3 aliphatic carbocycles. The number of nitrogens with one attached hydrogen (secondary N) is 1. The van der Waals surface area contributed by atoms with Crippen LogP contribution in [0.4, 0.5) is 28.4 Å². The number of aryl methyl sites for hydroxylation is 1. The summed E-state index contributed by atoms with van der Waals surface area (Å²) in [5, 5.41) is 7.68. The van der Waals surface area contributed by atoms with Crippen LogP contribution in [0, 0.1) is 6.92 Å². The minimum absolute atomic E-state index is 0.0397. The molecule has 0 spiro atoms. The highest BCUT2D eigenvalue weighted by atomic mass is 32.1. The number of anilines is 5. The van der Waals surface area contributed by atoms with Gasteiger partial charge in [0.2, 0.25) is 0 Å². The maximum Gasteiger partial charge on any atom is 0.0573 e. The summed E-state index contributed by atoms with van der Waals surface area (Å²) in [6, 6.07) is 24.5. The van der Waals surface area contributed by atoms with E-state index in [9.17, 15) is 0 Å². The molecule has 2 nitrogen and oxygen atoms in total. The zero-order valence-corrected chi connectivity index (χ0v) is 35.3. The molecule has 5 aromatic rings. The summed E-state index contributed by atoms with van der Waals surface area (Å²) in [5.41, 5.74) is 19.1. The first-order chi connectivity index (χ1) is 24.7. The van der Waals surface area contributed by atoms with Crippen molar-refractivity contribution in [2.45, 2.75) is 154 Å². The van der Waals surface area contributed by atoms with Gasteiger partial charge < -0.3 is 10.2 Å². The van der Waals surface area contributed by atoms with Gasteiger partial charge in [-0.15, -0.1) is 11.3 Å². The predicted octanol–water partition coefficient (Wildman–Crippen LogP) is 14.8. The first-order valence-corrected chi connectivity index (χ1v) is 21.2. The molecule has 1 N–H and O–H groups in total. The molecule has 276 valence electrons. The Balaban J connectivity index is 1.25. The fourth-order valence-electron chi connectivity index (χ4n) is 11.1. The minimum atomic E-state index is -0.0397. The summed E-state index contributed by atoms with van der Waals surface area (Å²) in [5.74, 6) is 0. The van der Waals surface area contributed by atoms with Crippen LogP contribution < -0.4 is 10.2 Å². The summed E-state index contributed by atoms with van der Waals surface area (Å²) >= 11 is 1.88. The SMILES string of the molecule is Cc1cc(Nc2csc3cc4c(cc23)C(C)(C)CCC4(C)C)cc(N2c3cccc4c3C(C)(CCC4(C)C)c3ccc4c(c32)C(C)(C)CCC4(C)C)c1. The first-order valence-electron chi connectivity index (χ1n) is 20.3. The molecule has 1 aromatic heterocycles. The van der Waals surface area contributed by atoms with E-state index in [0.29, 0.717) is 0 Å². The lowest BCUT2D eigenvalue weighted by Gasteiger charge is -2.53. The number of hydrogen-bond donors (Lipinski definition) is 1. The molecule has 53 heavy (non-hydrogen) atoms. The zero-order chi connectivity index (χ0) is 37.7. The van der Waals surface area contributed by atoms with Crippen LogP contribution >= 0.6 is 11.3 Å². The van der Waals surface area contributed by atoms with Gasteiger partial charge in [-0.05, 0) is 153 Å². The Kier molecular flexibility index (Phi) is 7.31. The van der Waals surface area contributed by atoms with Crippen molar-refractivity contribution >= 4 is 49.9 Å². The number of fused-ring (bicyclic) bond motifs is 6. The van der Waals surface area contributed by atoms with Crippen molar-refractivity contribution in [3.8, 4) is 0 Å². The molecule has 0 fully saturated rings. The van der Waals surface area contributed by atoms with E-state index in [1.165, 1.54) is 104 Å². The third kappa shape index (κ3) is 5.08. The molecule has 0 saturated carbocycles. The Morgan fingerprint density at radius 1 is 0.566 bits per heavy atom. The summed E-state index contributed by atoms with van der Waals surface area (Å²) < 4.78 is 1.38. The van der Waals surface area contributed by atoms with Crippen molar-refractivity contribution < 1.29 is 0 Å². The van der Waals surface area contributed by atoms with Crippen LogP contribution in [-0.4, -0.2) is 0 Å². The number of rotatable bonds is 3. The van der Waals surface area contributed by atoms with Gasteiger partial charge in [0, 0.05) is 32.3 Å². The van der Waals surface area contributed by atoms with E-state index >= 15 is 0 Å². The van der Waals surface area contributed by atoms with Crippen LogP contribution in [0.5, 0.6) is 0 Å². The van der Waals surface area contributed by atoms with Crippen LogP contribution in [-0.2, 0) is 32.5 Å². The predicted molar refractivity (Wildman–Crippen MR) is 230 cm³/mol. The quantitative estimate of drug-likeness (QED) is 0.200. The third-order valence-corrected chi connectivity index (χ3v) is 15.7. The van der Waals surface area contributed by atoms with Crippen molar-refractivity contribution in [3.05, 3.63) is 111 Å². The molecular weight excluding hydrogens is 661 g/mol. The van der Waals surface area contributed by atoms with Crippen molar-refractivity contribution in [1.82, 2.24) is 0 Å². The molecule has 0 bridgehead atoms. The third-order valence-electron chi connectivity index (χ3n) is 14.7. The Morgan fingerprint density at radius 2 is 1.15 bits per heavy atom. The Bertz CT molecular complexity index is 2350.